The highest BCUT2D eigenvalue weighted by molar-refractivity contribution is 5.93. The van der Waals surface area contributed by atoms with Gasteiger partial charge in [0.05, 0.1) is 36.7 Å². The van der Waals surface area contributed by atoms with Crippen molar-refractivity contribution in [1.29, 1.82) is 0 Å². The van der Waals surface area contributed by atoms with Crippen molar-refractivity contribution in [2.24, 2.45) is 0 Å². The fourth-order valence-electron chi connectivity index (χ4n) is 3.39. The van der Waals surface area contributed by atoms with E-state index in [0.717, 1.165) is 11.4 Å². The van der Waals surface area contributed by atoms with E-state index in [2.05, 4.69) is 15.2 Å². The number of rotatable bonds is 3. The van der Waals surface area contributed by atoms with Crippen LogP contribution in [0.5, 0.6) is 0 Å². The lowest BCUT2D eigenvalue weighted by Gasteiger charge is -2.37. The molecule has 2 atom stereocenters. The summed E-state index contributed by atoms with van der Waals surface area (Å²) in [5.41, 5.74) is 1.48. The predicted molar refractivity (Wildman–Crippen MR) is 107 cm³/mol. The second-order valence-corrected chi connectivity index (χ2v) is 8.44. The minimum atomic E-state index is -0.694. The Balaban J connectivity index is 1.58. The quantitative estimate of drug-likeness (QED) is 0.770. The van der Waals surface area contributed by atoms with Gasteiger partial charge in [0.25, 0.3) is 5.91 Å². The summed E-state index contributed by atoms with van der Waals surface area (Å²) in [5.74, 6) is -0.330. The van der Waals surface area contributed by atoms with Crippen LogP contribution in [0.2, 0.25) is 0 Å². The molecule has 0 bridgehead atoms. The standard InChI is InChI=1S/C20H30N4O5/c1-13-16(23-7-9-24(10-8-23)19(27)29-20(2,3)4)6-5-14(21-13)18(26)22-15-11-28-12-17(15)25/h5-6,15,17,25H,7-12H2,1-4H3,(H,22,26)/t15-,17-/m0/s1. The summed E-state index contributed by atoms with van der Waals surface area (Å²) in [6.07, 6.45) is -0.988. The van der Waals surface area contributed by atoms with Gasteiger partial charge in [-0.1, -0.05) is 0 Å². The van der Waals surface area contributed by atoms with Gasteiger partial charge in [0.15, 0.2) is 0 Å². The molecule has 1 aromatic heterocycles. The number of aliphatic hydroxyl groups excluding tert-OH is 1. The van der Waals surface area contributed by atoms with Crippen LogP contribution in [0.1, 0.15) is 37.0 Å². The van der Waals surface area contributed by atoms with Crippen molar-refractivity contribution in [3.05, 3.63) is 23.5 Å². The second kappa shape index (κ2) is 8.54. The number of carbonyl (C=O) groups excluding carboxylic acids is 2. The van der Waals surface area contributed by atoms with Crippen LogP contribution < -0.4 is 10.2 Å². The van der Waals surface area contributed by atoms with E-state index in [1.165, 1.54) is 0 Å². The van der Waals surface area contributed by atoms with Gasteiger partial charge in [0, 0.05) is 26.2 Å². The molecule has 2 amide bonds. The third kappa shape index (κ3) is 5.36. The van der Waals surface area contributed by atoms with Crippen molar-refractivity contribution < 1.29 is 24.2 Å². The van der Waals surface area contributed by atoms with Gasteiger partial charge in [0.2, 0.25) is 0 Å². The molecule has 0 aliphatic carbocycles. The smallest absolute Gasteiger partial charge is 0.410 e. The van der Waals surface area contributed by atoms with Crippen LogP contribution in [0.3, 0.4) is 0 Å². The Labute approximate surface area is 171 Å². The molecule has 29 heavy (non-hydrogen) atoms. The minimum Gasteiger partial charge on any atom is -0.444 e. The van der Waals surface area contributed by atoms with E-state index in [1.807, 2.05) is 33.8 Å². The number of hydrogen-bond donors (Lipinski definition) is 2. The third-order valence-electron chi connectivity index (χ3n) is 4.93. The van der Waals surface area contributed by atoms with E-state index in [0.29, 0.717) is 38.5 Å². The Morgan fingerprint density at radius 2 is 1.90 bits per heavy atom. The molecule has 3 rings (SSSR count). The Morgan fingerprint density at radius 1 is 1.21 bits per heavy atom. The van der Waals surface area contributed by atoms with Gasteiger partial charge in [-0.3, -0.25) is 4.79 Å². The average Bonchev–Trinajstić information content (AvgIpc) is 3.05. The first kappa shape index (κ1) is 21.3. The van der Waals surface area contributed by atoms with Gasteiger partial charge in [-0.2, -0.15) is 0 Å². The van der Waals surface area contributed by atoms with Crippen LogP contribution in [0.15, 0.2) is 12.1 Å². The van der Waals surface area contributed by atoms with Crippen molar-refractivity contribution in [3.8, 4) is 0 Å². The summed E-state index contributed by atoms with van der Waals surface area (Å²) < 4.78 is 10.6. The van der Waals surface area contributed by atoms with E-state index in [4.69, 9.17) is 9.47 Å². The van der Waals surface area contributed by atoms with Gasteiger partial charge in [-0.05, 0) is 39.8 Å². The highest BCUT2D eigenvalue weighted by Crippen LogP contribution is 2.21. The van der Waals surface area contributed by atoms with Crippen LogP contribution in [-0.2, 0) is 9.47 Å². The van der Waals surface area contributed by atoms with Crippen LogP contribution in [0.4, 0.5) is 10.5 Å². The second-order valence-electron chi connectivity index (χ2n) is 8.44. The number of aryl methyl sites for hydroxylation is 1. The van der Waals surface area contributed by atoms with E-state index in [1.54, 1.807) is 11.0 Å². The first-order chi connectivity index (χ1) is 13.6. The molecule has 160 valence electrons. The fourth-order valence-corrected chi connectivity index (χ4v) is 3.39. The van der Waals surface area contributed by atoms with Gasteiger partial charge in [-0.15, -0.1) is 0 Å². The third-order valence-corrected chi connectivity index (χ3v) is 4.93. The Kier molecular flexibility index (Phi) is 6.28. The molecule has 9 heteroatoms. The molecule has 0 unspecified atom stereocenters. The molecule has 2 saturated heterocycles. The largest absolute Gasteiger partial charge is 0.444 e. The first-order valence-corrected chi connectivity index (χ1v) is 9.91. The molecule has 0 spiro atoms. The number of nitrogens with one attached hydrogen (secondary N) is 1. The lowest BCUT2D eigenvalue weighted by Crippen LogP contribution is -2.50. The molecule has 2 aliphatic heterocycles. The molecule has 0 saturated carbocycles. The number of pyridine rings is 1. The van der Waals surface area contributed by atoms with Crippen molar-refractivity contribution in [1.82, 2.24) is 15.2 Å². The Bertz CT molecular complexity index is 756. The molecule has 2 N–H and O–H groups in total. The van der Waals surface area contributed by atoms with E-state index in [9.17, 15) is 14.7 Å². The number of piperazine rings is 1. The Morgan fingerprint density at radius 3 is 2.45 bits per heavy atom. The fraction of sp³-hybridized carbons (Fsp3) is 0.650. The van der Waals surface area contributed by atoms with E-state index < -0.39 is 17.7 Å². The molecule has 2 fully saturated rings. The first-order valence-electron chi connectivity index (χ1n) is 9.91. The highest BCUT2D eigenvalue weighted by atomic mass is 16.6. The zero-order valence-corrected chi connectivity index (χ0v) is 17.5. The summed E-state index contributed by atoms with van der Waals surface area (Å²) in [6, 6.07) is 3.15. The number of aliphatic hydroxyl groups is 1. The summed E-state index contributed by atoms with van der Waals surface area (Å²) in [6.45, 7) is 10.4. The van der Waals surface area contributed by atoms with Crippen LogP contribution in [-0.4, -0.2) is 84.1 Å². The molecular weight excluding hydrogens is 376 g/mol. The van der Waals surface area contributed by atoms with Crippen molar-refractivity contribution in [3.63, 3.8) is 0 Å². The number of aromatic nitrogens is 1. The number of carbonyl (C=O) groups is 2. The van der Waals surface area contributed by atoms with Gasteiger partial charge < -0.3 is 29.7 Å². The van der Waals surface area contributed by atoms with Gasteiger partial charge in [0.1, 0.15) is 11.3 Å². The number of anilines is 1. The van der Waals surface area contributed by atoms with Crippen molar-refractivity contribution >= 4 is 17.7 Å². The van der Waals surface area contributed by atoms with Crippen LogP contribution >= 0.6 is 0 Å². The average molecular weight is 406 g/mol. The molecule has 0 radical (unpaired) electrons. The maximum Gasteiger partial charge on any atom is 0.410 e. The maximum atomic E-state index is 12.4. The van der Waals surface area contributed by atoms with Crippen LogP contribution in [0.25, 0.3) is 0 Å². The van der Waals surface area contributed by atoms with E-state index >= 15 is 0 Å². The summed E-state index contributed by atoms with van der Waals surface area (Å²) >= 11 is 0. The molecule has 1 aromatic rings. The monoisotopic (exact) mass is 406 g/mol. The number of nitrogens with zero attached hydrogens (tertiary/aromatic N) is 3. The number of ether oxygens (including phenoxy) is 2. The molecule has 0 aromatic carbocycles. The number of amides is 2. The minimum absolute atomic E-state index is 0.228. The van der Waals surface area contributed by atoms with Crippen molar-refractivity contribution in [2.75, 3.05) is 44.3 Å². The molecule has 9 nitrogen and oxygen atoms in total. The van der Waals surface area contributed by atoms with E-state index in [-0.39, 0.29) is 18.6 Å². The Hall–Kier alpha value is -2.39. The highest BCUT2D eigenvalue weighted by Gasteiger charge is 2.29. The zero-order valence-electron chi connectivity index (χ0n) is 17.5. The zero-order chi connectivity index (χ0) is 21.2. The summed E-state index contributed by atoms with van der Waals surface area (Å²) in [4.78, 5) is 32.9. The predicted octanol–water partition coefficient (Wildman–Crippen LogP) is 0.937. The lowest BCUT2D eigenvalue weighted by atomic mass is 10.2. The summed E-state index contributed by atoms with van der Waals surface area (Å²) in [7, 11) is 0. The van der Waals surface area contributed by atoms with Gasteiger partial charge >= 0.3 is 6.09 Å². The lowest BCUT2D eigenvalue weighted by molar-refractivity contribution is 0.0240. The molecule has 2 aliphatic rings. The van der Waals surface area contributed by atoms with Gasteiger partial charge in [-0.25, -0.2) is 9.78 Å². The topological polar surface area (TPSA) is 104 Å². The SMILES string of the molecule is Cc1nc(C(=O)N[C@H]2COC[C@@H]2O)ccc1N1CCN(C(=O)OC(C)(C)C)CC1. The number of hydrogen-bond acceptors (Lipinski definition) is 7. The normalized spacial score (nSPS) is 22.5. The molecule has 3 heterocycles. The maximum absolute atomic E-state index is 12.4. The van der Waals surface area contributed by atoms with Crippen LogP contribution in [0, 0.1) is 6.92 Å². The molecular formula is C20H30N4O5. The summed E-state index contributed by atoms with van der Waals surface area (Å²) in [5, 5.41) is 12.5. The van der Waals surface area contributed by atoms with Crippen molar-refractivity contribution in [2.45, 2.75) is 45.4 Å².